The van der Waals surface area contributed by atoms with E-state index in [0.717, 1.165) is 0 Å². The molecule has 0 saturated heterocycles. The molecule has 0 aliphatic carbocycles. The van der Waals surface area contributed by atoms with Crippen molar-refractivity contribution in [1.29, 1.82) is 0 Å². The number of carbonyl (C=O) groups excluding carboxylic acids is 2. The van der Waals surface area contributed by atoms with Crippen molar-refractivity contribution in [2.24, 2.45) is 0 Å². The molecule has 7 heteroatoms. The lowest BCUT2D eigenvalue weighted by molar-refractivity contribution is -0.119. The van der Waals surface area contributed by atoms with Gasteiger partial charge in [0.25, 0.3) is 0 Å². The van der Waals surface area contributed by atoms with Crippen LogP contribution in [-0.4, -0.2) is 22.9 Å². The largest absolute Gasteiger partial charge is 0.478 e. The monoisotopic (exact) mass is 376 g/mol. The van der Waals surface area contributed by atoms with E-state index in [0.29, 0.717) is 14.8 Å². The number of hydrogen-bond donors (Lipinski definition) is 3. The van der Waals surface area contributed by atoms with E-state index in [2.05, 4.69) is 10.6 Å². The van der Waals surface area contributed by atoms with Crippen molar-refractivity contribution in [2.45, 2.75) is 20.4 Å². The molecule has 0 fully saturated rings. The molecule has 0 unspecified atom stereocenters. The van der Waals surface area contributed by atoms with Crippen molar-refractivity contribution in [2.75, 3.05) is 5.32 Å². The van der Waals surface area contributed by atoms with Gasteiger partial charge in [0.05, 0.1) is 14.8 Å². The number of carbonyl (C=O) groups is 3. The molecule has 3 N–H and O–H groups in total. The summed E-state index contributed by atoms with van der Waals surface area (Å²) < 4.78 is 0.451. The van der Waals surface area contributed by atoms with Gasteiger partial charge in [-0.25, -0.2) is 4.79 Å². The average Bonchev–Trinajstić information content (AvgIpc) is 2.28. The summed E-state index contributed by atoms with van der Waals surface area (Å²) in [7, 11) is 0. The lowest BCUT2D eigenvalue weighted by Gasteiger charge is -2.11. The van der Waals surface area contributed by atoms with E-state index < -0.39 is 5.97 Å². The van der Waals surface area contributed by atoms with Crippen molar-refractivity contribution in [1.82, 2.24) is 5.32 Å². The maximum atomic E-state index is 11.1. The predicted molar refractivity (Wildman–Crippen MR) is 77.9 cm³/mol. The summed E-state index contributed by atoms with van der Waals surface area (Å²) in [6.07, 6.45) is 0. The van der Waals surface area contributed by atoms with Crippen LogP contribution < -0.4 is 10.6 Å². The highest BCUT2D eigenvalue weighted by molar-refractivity contribution is 14.1. The van der Waals surface area contributed by atoms with Gasteiger partial charge in [0.1, 0.15) is 0 Å². The Hall–Kier alpha value is -1.64. The van der Waals surface area contributed by atoms with Crippen molar-refractivity contribution in [3.8, 4) is 0 Å². The molecule has 0 heterocycles. The Morgan fingerprint density at radius 1 is 1.21 bits per heavy atom. The van der Waals surface area contributed by atoms with Gasteiger partial charge in [-0.1, -0.05) is 0 Å². The van der Waals surface area contributed by atoms with Crippen LogP contribution in [0.4, 0.5) is 5.69 Å². The summed E-state index contributed by atoms with van der Waals surface area (Å²) in [5.41, 5.74) is 1.12. The third kappa shape index (κ3) is 4.51. The van der Waals surface area contributed by atoms with E-state index in [9.17, 15) is 14.4 Å². The van der Waals surface area contributed by atoms with Gasteiger partial charge in [-0.15, -0.1) is 0 Å². The van der Waals surface area contributed by atoms with Crippen LogP contribution in [0.3, 0.4) is 0 Å². The Kier molecular flexibility index (Phi) is 5.28. The minimum Gasteiger partial charge on any atom is -0.478 e. The number of nitrogens with one attached hydrogen (secondary N) is 2. The quantitative estimate of drug-likeness (QED) is 0.696. The van der Waals surface area contributed by atoms with Crippen LogP contribution in [-0.2, 0) is 16.1 Å². The fraction of sp³-hybridized carbons (Fsp3) is 0.250. The molecule has 1 rings (SSSR count). The molecule has 0 aliphatic heterocycles. The first-order valence-electron chi connectivity index (χ1n) is 5.39. The van der Waals surface area contributed by atoms with Crippen LogP contribution in [0, 0.1) is 3.57 Å². The third-order valence-corrected chi connectivity index (χ3v) is 3.38. The highest BCUT2D eigenvalue weighted by Gasteiger charge is 2.15. The molecule has 2 amide bonds. The number of aromatic carboxylic acids is 1. The van der Waals surface area contributed by atoms with Gasteiger partial charge in [-0.05, 0) is 40.3 Å². The van der Waals surface area contributed by atoms with Gasteiger partial charge in [-0.2, -0.15) is 0 Å². The normalized spacial score (nSPS) is 9.84. The lowest BCUT2D eigenvalue weighted by Crippen LogP contribution is -2.20. The van der Waals surface area contributed by atoms with Crippen molar-refractivity contribution in [3.63, 3.8) is 0 Å². The number of amides is 2. The molecular formula is C12H13IN2O4. The van der Waals surface area contributed by atoms with Crippen molar-refractivity contribution < 1.29 is 19.5 Å². The van der Waals surface area contributed by atoms with Gasteiger partial charge < -0.3 is 15.7 Å². The molecule has 1 aromatic carbocycles. The molecular weight excluding hydrogens is 363 g/mol. The summed E-state index contributed by atoms with van der Waals surface area (Å²) >= 11 is 1.87. The first-order chi connectivity index (χ1) is 8.81. The Morgan fingerprint density at radius 3 is 2.32 bits per heavy atom. The van der Waals surface area contributed by atoms with Crippen molar-refractivity contribution >= 4 is 46.1 Å². The fourth-order valence-electron chi connectivity index (χ4n) is 1.45. The second kappa shape index (κ2) is 6.50. The molecule has 0 aromatic heterocycles. The predicted octanol–water partition coefficient (Wildman–Crippen LogP) is 1.58. The fourth-order valence-corrected chi connectivity index (χ4v) is 2.13. The van der Waals surface area contributed by atoms with Crippen LogP contribution in [0.2, 0.25) is 0 Å². The van der Waals surface area contributed by atoms with Gasteiger partial charge in [0.2, 0.25) is 11.8 Å². The molecule has 1 aromatic rings. The number of halogens is 1. The van der Waals surface area contributed by atoms with Gasteiger partial charge in [0.15, 0.2) is 0 Å². The van der Waals surface area contributed by atoms with Crippen LogP contribution in [0.25, 0.3) is 0 Å². The minimum absolute atomic E-state index is 0.0900. The van der Waals surface area contributed by atoms with Crippen LogP contribution in [0.5, 0.6) is 0 Å². The number of benzene rings is 1. The maximum absolute atomic E-state index is 11.1. The highest BCUT2D eigenvalue weighted by atomic mass is 127. The molecule has 0 atom stereocenters. The van der Waals surface area contributed by atoms with E-state index in [1.165, 1.54) is 19.9 Å². The second-order valence-corrected chi connectivity index (χ2v) is 4.98. The Bertz CT molecular complexity index is 543. The number of hydrogen-bond acceptors (Lipinski definition) is 3. The molecule has 0 aliphatic rings. The summed E-state index contributed by atoms with van der Waals surface area (Å²) in [5, 5.41) is 14.3. The first-order valence-corrected chi connectivity index (χ1v) is 6.47. The van der Waals surface area contributed by atoms with Crippen molar-refractivity contribution in [3.05, 3.63) is 26.8 Å². The Balaban J connectivity index is 3.18. The topological polar surface area (TPSA) is 95.5 Å². The molecule has 19 heavy (non-hydrogen) atoms. The molecule has 0 saturated carbocycles. The molecule has 0 radical (unpaired) electrons. The lowest BCUT2D eigenvalue weighted by atomic mass is 10.1. The van der Waals surface area contributed by atoms with Gasteiger partial charge >= 0.3 is 5.97 Å². The van der Waals surface area contributed by atoms with E-state index in [-0.39, 0.29) is 23.9 Å². The third-order valence-electron chi connectivity index (χ3n) is 2.21. The zero-order valence-corrected chi connectivity index (χ0v) is 12.6. The SMILES string of the molecule is CC(=O)NCc1cc(NC(C)=O)c(I)c(C(=O)O)c1. The highest BCUT2D eigenvalue weighted by Crippen LogP contribution is 2.25. The summed E-state index contributed by atoms with van der Waals surface area (Å²) in [5.74, 6) is -1.58. The van der Waals surface area contributed by atoms with E-state index in [1.807, 2.05) is 22.6 Å². The summed E-state index contributed by atoms with van der Waals surface area (Å²) in [4.78, 5) is 33.1. The zero-order valence-electron chi connectivity index (χ0n) is 10.4. The maximum Gasteiger partial charge on any atom is 0.336 e. The molecule has 0 spiro atoms. The number of carboxylic acid groups (broad SMARTS) is 1. The first kappa shape index (κ1) is 15.4. The Labute approximate surface area is 123 Å². The van der Waals surface area contributed by atoms with E-state index in [4.69, 9.17) is 5.11 Å². The standard InChI is InChI=1S/C12H13IN2O4/c1-6(16)14-5-8-3-9(12(18)19)11(13)10(4-8)15-7(2)17/h3-4H,5H2,1-2H3,(H,14,16)(H,15,17)(H,18,19). The molecule has 6 nitrogen and oxygen atoms in total. The Morgan fingerprint density at radius 2 is 1.84 bits per heavy atom. The second-order valence-electron chi connectivity index (χ2n) is 3.90. The van der Waals surface area contributed by atoms with Gasteiger partial charge in [0, 0.05) is 20.4 Å². The van der Waals surface area contributed by atoms with Gasteiger partial charge in [-0.3, -0.25) is 9.59 Å². The molecule has 102 valence electrons. The van der Waals surface area contributed by atoms with Crippen LogP contribution in [0.1, 0.15) is 29.8 Å². The smallest absolute Gasteiger partial charge is 0.336 e. The number of rotatable bonds is 4. The van der Waals surface area contributed by atoms with E-state index >= 15 is 0 Å². The zero-order chi connectivity index (χ0) is 14.6. The summed E-state index contributed by atoms with van der Waals surface area (Å²) in [6.45, 7) is 2.93. The molecule has 0 bridgehead atoms. The minimum atomic E-state index is -1.08. The number of carboxylic acids is 1. The number of anilines is 1. The van der Waals surface area contributed by atoms with Crippen LogP contribution >= 0.6 is 22.6 Å². The van der Waals surface area contributed by atoms with E-state index in [1.54, 1.807) is 6.07 Å². The average molecular weight is 376 g/mol. The van der Waals surface area contributed by atoms with Crippen LogP contribution in [0.15, 0.2) is 12.1 Å². The summed E-state index contributed by atoms with van der Waals surface area (Å²) in [6, 6.07) is 3.12.